The molecule has 12 heteroatoms. The highest BCUT2D eigenvalue weighted by atomic mass is 32.1. The number of Topliss-reactive ketones (excluding diaryl/α,β-unsaturated/α-hetero) is 1. The Balaban J connectivity index is 1.26. The summed E-state index contributed by atoms with van der Waals surface area (Å²) in [4.78, 5) is 31.7. The quantitative estimate of drug-likeness (QED) is 0.221. The van der Waals surface area contributed by atoms with Crippen molar-refractivity contribution in [1.82, 2.24) is 35.0 Å². The molecular weight excluding hydrogens is 551 g/mol. The van der Waals surface area contributed by atoms with Gasteiger partial charge in [0.2, 0.25) is 0 Å². The van der Waals surface area contributed by atoms with E-state index in [0.717, 1.165) is 16.0 Å². The number of nitrogens with zero attached hydrogens (tertiary/aromatic N) is 5. The van der Waals surface area contributed by atoms with E-state index in [4.69, 9.17) is 0 Å². The zero-order valence-corrected chi connectivity index (χ0v) is 22.5. The Morgan fingerprint density at radius 1 is 1.15 bits per heavy atom. The van der Waals surface area contributed by atoms with Gasteiger partial charge in [-0.05, 0) is 54.4 Å². The molecule has 0 amide bonds. The number of H-pyrrole nitrogens is 2. The first-order valence-corrected chi connectivity index (χ1v) is 13.7. The molecule has 206 valence electrons. The molecule has 1 fully saturated rings. The second kappa shape index (κ2) is 9.60. The molecule has 41 heavy (non-hydrogen) atoms. The van der Waals surface area contributed by atoms with Crippen molar-refractivity contribution in [3.63, 3.8) is 0 Å². The van der Waals surface area contributed by atoms with Gasteiger partial charge in [0, 0.05) is 59.5 Å². The SMILES string of the molecule is CC(=O)c1ccc(-c2ccnc3nc(-c4[nH]nc5c(F)cc(-c6cncc(CN7CCC(F)(F)C7)c6)cc45)[nH]c23)s1. The van der Waals surface area contributed by atoms with E-state index in [1.807, 2.05) is 24.3 Å². The number of imidazole rings is 1. The number of likely N-dealkylation sites (tertiary alicyclic amines) is 1. The number of aromatic amines is 2. The van der Waals surface area contributed by atoms with Crippen molar-refractivity contribution in [2.75, 3.05) is 13.1 Å². The number of thiophene rings is 1. The normalized spacial score (nSPS) is 15.3. The number of fused-ring (bicyclic) bond motifs is 2. The minimum absolute atomic E-state index is 0.00283. The molecule has 1 aromatic carbocycles. The number of rotatable bonds is 6. The van der Waals surface area contributed by atoms with Gasteiger partial charge in [0.05, 0.1) is 16.9 Å². The second-order valence-corrected chi connectivity index (χ2v) is 11.3. The molecule has 1 aliphatic rings. The summed E-state index contributed by atoms with van der Waals surface area (Å²) in [7, 11) is 0. The zero-order valence-electron chi connectivity index (χ0n) is 21.7. The summed E-state index contributed by atoms with van der Waals surface area (Å²) in [6.45, 7) is 1.90. The van der Waals surface area contributed by atoms with Crippen LogP contribution >= 0.6 is 11.3 Å². The van der Waals surface area contributed by atoms with Crippen LogP contribution in [0, 0.1) is 5.82 Å². The summed E-state index contributed by atoms with van der Waals surface area (Å²) in [5.41, 5.74) is 4.65. The molecular formula is C29H22F3N7OS. The van der Waals surface area contributed by atoms with E-state index in [1.54, 1.807) is 29.6 Å². The number of carbonyl (C=O) groups is 1. The maximum absolute atomic E-state index is 15.3. The van der Waals surface area contributed by atoms with E-state index in [9.17, 15) is 13.6 Å². The van der Waals surface area contributed by atoms with Gasteiger partial charge >= 0.3 is 0 Å². The molecule has 6 aromatic rings. The molecule has 0 radical (unpaired) electrons. The fourth-order valence-electron chi connectivity index (χ4n) is 5.26. The van der Waals surface area contributed by atoms with Gasteiger partial charge in [-0.2, -0.15) is 5.10 Å². The number of nitrogens with one attached hydrogen (secondary N) is 2. The summed E-state index contributed by atoms with van der Waals surface area (Å²) < 4.78 is 42.6. The van der Waals surface area contributed by atoms with E-state index in [1.165, 1.54) is 24.3 Å². The summed E-state index contributed by atoms with van der Waals surface area (Å²) in [6, 6.07) is 10.6. The van der Waals surface area contributed by atoms with Gasteiger partial charge in [-0.1, -0.05) is 0 Å². The molecule has 7 rings (SSSR count). The number of hydrogen-bond donors (Lipinski definition) is 2. The number of carbonyl (C=O) groups excluding carboxylic acids is 1. The molecule has 0 aliphatic carbocycles. The van der Waals surface area contributed by atoms with Gasteiger partial charge in [-0.15, -0.1) is 11.3 Å². The molecule has 0 unspecified atom stereocenters. The fourth-order valence-corrected chi connectivity index (χ4v) is 6.19. The lowest BCUT2D eigenvalue weighted by Gasteiger charge is -2.15. The number of benzene rings is 1. The van der Waals surface area contributed by atoms with E-state index in [-0.39, 0.29) is 24.3 Å². The lowest BCUT2D eigenvalue weighted by molar-refractivity contribution is 0.0115. The number of hydrogen-bond acceptors (Lipinski definition) is 7. The topological polar surface area (TPSA) is 103 Å². The van der Waals surface area contributed by atoms with E-state index in [2.05, 4.69) is 30.1 Å². The van der Waals surface area contributed by atoms with Crippen molar-refractivity contribution in [2.24, 2.45) is 0 Å². The molecule has 5 aromatic heterocycles. The van der Waals surface area contributed by atoms with Crippen LogP contribution in [-0.4, -0.2) is 59.8 Å². The number of halogens is 3. The third kappa shape index (κ3) is 4.68. The lowest BCUT2D eigenvalue weighted by Crippen LogP contribution is -2.24. The standard InChI is InChI=1S/C29H22F3N7OS/c1-15(40)22-2-3-23(41-22)19-4-6-34-27-25(19)35-28(36-27)26-20-9-17(10-21(30)24(20)37-38-26)18-8-16(11-33-12-18)13-39-7-5-29(31,32)14-39/h2-4,6,8-12H,5,7,13-14H2,1H3,(H,37,38)(H,34,35,36). The monoisotopic (exact) mass is 573 g/mol. The largest absolute Gasteiger partial charge is 0.335 e. The number of aromatic nitrogens is 6. The van der Waals surface area contributed by atoms with Crippen molar-refractivity contribution in [3.8, 4) is 33.1 Å². The van der Waals surface area contributed by atoms with Gasteiger partial charge in [0.1, 0.15) is 11.2 Å². The van der Waals surface area contributed by atoms with Crippen LogP contribution in [-0.2, 0) is 6.54 Å². The second-order valence-electron chi connectivity index (χ2n) is 10.2. The van der Waals surface area contributed by atoms with Crippen molar-refractivity contribution in [2.45, 2.75) is 25.8 Å². The minimum atomic E-state index is -2.68. The summed E-state index contributed by atoms with van der Waals surface area (Å²) in [5, 5.41) is 7.62. The highest BCUT2D eigenvalue weighted by molar-refractivity contribution is 7.17. The van der Waals surface area contributed by atoms with E-state index < -0.39 is 11.7 Å². The summed E-state index contributed by atoms with van der Waals surface area (Å²) in [5.74, 6) is -2.76. The Bertz CT molecular complexity index is 1960. The lowest BCUT2D eigenvalue weighted by atomic mass is 10.0. The van der Waals surface area contributed by atoms with Gasteiger partial charge < -0.3 is 4.98 Å². The summed E-state index contributed by atoms with van der Waals surface area (Å²) in [6.07, 6.45) is 4.76. The fraction of sp³-hybridized carbons (Fsp3) is 0.207. The molecule has 2 N–H and O–H groups in total. The molecule has 6 heterocycles. The first-order valence-electron chi connectivity index (χ1n) is 12.9. The number of alkyl halides is 2. The molecule has 0 bridgehead atoms. The maximum atomic E-state index is 15.3. The van der Waals surface area contributed by atoms with Crippen LogP contribution in [0.4, 0.5) is 13.2 Å². The smallest absolute Gasteiger partial charge is 0.261 e. The van der Waals surface area contributed by atoms with Crippen LogP contribution in [0.5, 0.6) is 0 Å². The van der Waals surface area contributed by atoms with Crippen molar-refractivity contribution in [3.05, 3.63) is 71.2 Å². The third-order valence-electron chi connectivity index (χ3n) is 7.24. The van der Waals surface area contributed by atoms with Crippen LogP contribution in [0.15, 0.2) is 55.0 Å². The maximum Gasteiger partial charge on any atom is 0.261 e. The molecule has 1 saturated heterocycles. The van der Waals surface area contributed by atoms with Gasteiger partial charge in [-0.25, -0.2) is 23.1 Å². The first-order chi connectivity index (χ1) is 19.7. The Labute approximate surface area is 235 Å². The van der Waals surface area contributed by atoms with Crippen LogP contribution in [0.2, 0.25) is 0 Å². The van der Waals surface area contributed by atoms with Crippen molar-refractivity contribution < 1.29 is 18.0 Å². The Hall–Kier alpha value is -4.42. The van der Waals surface area contributed by atoms with Gasteiger partial charge in [0.15, 0.2) is 23.1 Å². The predicted molar refractivity (Wildman–Crippen MR) is 150 cm³/mol. The van der Waals surface area contributed by atoms with E-state index in [0.29, 0.717) is 57.2 Å². The Morgan fingerprint density at radius 2 is 2.02 bits per heavy atom. The average molecular weight is 574 g/mol. The zero-order chi connectivity index (χ0) is 28.3. The highest BCUT2D eigenvalue weighted by Crippen LogP contribution is 2.36. The Morgan fingerprint density at radius 3 is 2.80 bits per heavy atom. The van der Waals surface area contributed by atoms with E-state index >= 15 is 4.39 Å². The average Bonchev–Trinajstić information content (AvgIpc) is 3.73. The van der Waals surface area contributed by atoms with Crippen LogP contribution in [0.25, 0.3) is 55.2 Å². The molecule has 0 spiro atoms. The van der Waals surface area contributed by atoms with Crippen LogP contribution in [0.3, 0.4) is 0 Å². The molecule has 1 aliphatic heterocycles. The Kier molecular flexibility index (Phi) is 5.98. The predicted octanol–water partition coefficient (Wildman–Crippen LogP) is 6.47. The molecule has 8 nitrogen and oxygen atoms in total. The van der Waals surface area contributed by atoms with Gasteiger partial charge in [0.25, 0.3) is 5.92 Å². The van der Waals surface area contributed by atoms with Crippen LogP contribution < -0.4 is 0 Å². The van der Waals surface area contributed by atoms with Gasteiger partial charge in [-0.3, -0.25) is 19.8 Å². The van der Waals surface area contributed by atoms with Crippen molar-refractivity contribution >= 4 is 39.2 Å². The molecule has 0 atom stereocenters. The summed E-state index contributed by atoms with van der Waals surface area (Å²) >= 11 is 1.39. The minimum Gasteiger partial charge on any atom is -0.335 e. The van der Waals surface area contributed by atoms with Crippen LogP contribution in [0.1, 0.15) is 28.6 Å². The first kappa shape index (κ1) is 25.5. The number of pyridine rings is 2. The van der Waals surface area contributed by atoms with Crippen molar-refractivity contribution in [1.29, 1.82) is 0 Å². The molecule has 0 saturated carbocycles. The highest BCUT2D eigenvalue weighted by Gasteiger charge is 2.37. The third-order valence-corrected chi connectivity index (χ3v) is 8.46. The number of ketones is 1.